The molecule has 0 aromatic carbocycles. The number of carbonyl (C=O) groups is 3. The number of rotatable bonds is 11. The second-order valence-corrected chi connectivity index (χ2v) is 10.3. The minimum atomic E-state index is -1.62. The first-order valence-corrected chi connectivity index (χ1v) is 12.9. The molecule has 4 rings (SSSR count). The molecule has 3 N–H and O–H groups in total. The van der Waals surface area contributed by atoms with Crippen LogP contribution >= 0.6 is 23.5 Å². The van der Waals surface area contributed by atoms with Crippen molar-refractivity contribution in [3.05, 3.63) is 17.7 Å². The fourth-order valence-electron chi connectivity index (χ4n) is 3.55. The van der Waals surface area contributed by atoms with E-state index in [2.05, 4.69) is 30.5 Å². The number of carbonyl (C=O) groups excluding carboxylic acids is 2. The topological polar surface area (TPSA) is 208 Å². The molecule has 204 valence electrons. The average molecular weight is 569 g/mol. The number of nitrogens with two attached hydrogens (primary N) is 1. The molecule has 17 nitrogen and oxygen atoms in total. The number of nitrogens with zero attached hydrogens (tertiary/aromatic N) is 9. The molecule has 4 heterocycles. The zero-order valence-corrected chi connectivity index (χ0v) is 22.1. The maximum Gasteiger partial charge on any atom is 0.512 e. The van der Waals surface area contributed by atoms with E-state index in [1.165, 1.54) is 46.7 Å². The fraction of sp³-hybridized carbons (Fsp3) is 0.474. The summed E-state index contributed by atoms with van der Waals surface area (Å²) in [7, 11) is 5.10. The van der Waals surface area contributed by atoms with E-state index in [0.29, 0.717) is 18.2 Å². The highest BCUT2D eigenvalue weighted by Crippen LogP contribution is 2.47. The van der Waals surface area contributed by atoms with E-state index in [4.69, 9.17) is 14.9 Å². The number of β-lactam (4-membered cyclic amide) rings is 1. The Morgan fingerprint density at radius 1 is 1.45 bits per heavy atom. The fourth-order valence-corrected chi connectivity index (χ4v) is 6.15. The van der Waals surface area contributed by atoms with Gasteiger partial charge in [-0.05, 0) is 24.5 Å². The number of tetrazole rings is 1. The molecule has 2 aromatic heterocycles. The van der Waals surface area contributed by atoms with Gasteiger partial charge in [0.2, 0.25) is 16.9 Å². The first-order valence-electron chi connectivity index (χ1n) is 10.9. The zero-order valence-electron chi connectivity index (χ0n) is 20.5. The molecule has 0 aliphatic carbocycles. The van der Waals surface area contributed by atoms with Crippen molar-refractivity contribution in [2.45, 2.75) is 28.9 Å². The van der Waals surface area contributed by atoms with Crippen LogP contribution in [0.5, 0.6) is 0 Å². The van der Waals surface area contributed by atoms with Crippen molar-refractivity contribution in [3.63, 3.8) is 0 Å². The maximum atomic E-state index is 13.2. The molecular formula is C19H24N10O7S2. The number of hydrogen-bond acceptors (Lipinski definition) is 15. The van der Waals surface area contributed by atoms with E-state index in [-0.39, 0.29) is 41.4 Å². The number of oxazole rings is 1. The number of amides is 2. The van der Waals surface area contributed by atoms with E-state index in [1.54, 1.807) is 4.68 Å². The van der Waals surface area contributed by atoms with Gasteiger partial charge in [-0.15, -0.1) is 16.9 Å². The van der Waals surface area contributed by atoms with Gasteiger partial charge < -0.3 is 29.7 Å². The number of likely N-dealkylation sites (N-methyl/N-ethyl adjacent to an activating group) is 1. The summed E-state index contributed by atoms with van der Waals surface area (Å²) in [6, 6.07) is -0.190. The van der Waals surface area contributed by atoms with Crippen LogP contribution in [0.3, 0.4) is 0 Å². The molecule has 0 saturated carbocycles. The summed E-state index contributed by atoms with van der Waals surface area (Å²) in [6.07, 6.45) is 0.601. The van der Waals surface area contributed by atoms with E-state index >= 15 is 0 Å². The highest BCUT2D eigenvalue weighted by molar-refractivity contribution is 8.01. The van der Waals surface area contributed by atoms with Crippen LogP contribution in [0.25, 0.3) is 0 Å². The second kappa shape index (κ2) is 11.7. The standard InChI is InChI=1S/C19H24N10O7S2/c1-26(2)4-5-27-18(23-24-25-27)37-9-10-15(36-19(32)33)29-12(30)6-14(29)38-16(10)28(13(31)7-21-34-3)11-8-35-17(20)22-11/h7-8,14,16H,4-6,9H2,1-3H3,(H2,20,22)(H,32,33)/t14-,16?/m0/s1. The number of hydrogen-bond donors (Lipinski definition) is 2. The largest absolute Gasteiger partial charge is 0.512 e. The highest BCUT2D eigenvalue weighted by atomic mass is 32.2. The Labute approximate surface area is 223 Å². The molecule has 1 fully saturated rings. The summed E-state index contributed by atoms with van der Waals surface area (Å²) < 4.78 is 11.8. The van der Waals surface area contributed by atoms with Crippen molar-refractivity contribution in [1.29, 1.82) is 0 Å². The van der Waals surface area contributed by atoms with Crippen molar-refractivity contribution in [3.8, 4) is 0 Å². The van der Waals surface area contributed by atoms with Gasteiger partial charge in [0, 0.05) is 17.9 Å². The Hall–Kier alpha value is -3.84. The summed E-state index contributed by atoms with van der Waals surface area (Å²) in [5.41, 5.74) is 5.95. The van der Waals surface area contributed by atoms with Crippen molar-refractivity contribution in [2.75, 3.05) is 44.1 Å². The molecule has 2 aromatic rings. The number of anilines is 2. The van der Waals surface area contributed by atoms with Crippen LogP contribution in [-0.4, -0.2) is 109 Å². The summed E-state index contributed by atoms with van der Waals surface area (Å²) in [5, 5.41) is 23.9. The molecule has 0 spiro atoms. The molecule has 0 bridgehead atoms. The number of carboxylic acid groups (broad SMARTS) is 1. The summed E-state index contributed by atoms with van der Waals surface area (Å²) in [5.74, 6) is -1.08. The highest BCUT2D eigenvalue weighted by Gasteiger charge is 2.50. The van der Waals surface area contributed by atoms with Gasteiger partial charge in [0.1, 0.15) is 25.0 Å². The Bertz CT molecular complexity index is 1260. The van der Waals surface area contributed by atoms with E-state index < -0.39 is 22.8 Å². The predicted octanol–water partition coefficient (Wildman–Crippen LogP) is 0.0999. The normalized spacial score (nSPS) is 19.1. The van der Waals surface area contributed by atoms with Crippen LogP contribution in [0.4, 0.5) is 16.6 Å². The Morgan fingerprint density at radius 3 is 2.87 bits per heavy atom. The van der Waals surface area contributed by atoms with Crippen molar-refractivity contribution in [2.24, 2.45) is 5.16 Å². The monoisotopic (exact) mass is 568 g/mol. The third-order valence-electron chi connectivity index (χ3n) is 5.28. The van der Waals surface area contributed by atoms with Crippen molar-refractivity contribution >= 4 is 59.5 Å². The van der Waals surface area contributed by atoms with Gasteiger partial charge in [-0.2, -0.15) is 4.98 Å². The molecule has 1 saturated heterocycles. The van der Waals surface area contributed by atoms with Gasteiger partial charge in [-0.25, -0.2) is 9.48 Å². The Morgan fingerprint density at radius 2 is 2.24 bits per heavy atom. The van der Waals surface area contributed by atoms with Gasteiger partial charge in [0.05, 0.1) is 18.3 Å². The molecule has 38 heavy (non-hydrogen) atoms. The summed E-state index contributed by atoms with van der Waals surface area (Å²) >= 11 is 2.41. The van der Waals surface area contributed by atoms with Gasteiger partial charge in [-0.1, -0.05) is 16.9 Å². The average Bonchev–Trinajstić information content (AvgIpc) is 3.48. The van der Waals surface area contributed by atoms with Gasteiger partial charge >= 0.3 is 6.16 Å². The first-order chi connectivity index (χ1) is 18.2. The number of nitrogen functional groups attached to an aromatic ring is 1. The lowest BCUT2D eigenvalue weighted by Gasteiger charge is -2.48. The smallest absolute Gasteiger partial charge is 0.449 e. The zero-order chi connectivity index (χ0) is 27.4. The maximum absolute atomic E-state index is 13.2. The number of ether oxygens (including phenoxy) is 1. The minimum absolute atomic E-state index is 0.0413. The predicted molar refractivity (Wildman–Crippen MR) is 134 cm³/mol. The van der Waals surface area contributed by atoms with Crippen molar-refractivity contribution < 1.29 is 33.5 Å². The SMILES string of the molecule is CON=CC(=O)N(c1coc(N)n1)C1S[C@H]2CC(=O)N2C(OC(=O)O)=C1CSc1nnnn1CCN(C)C. The lowest BCUT2D eigenvalue weighted by Crippen LogP contribution is -2.57. The third kappa shape index (κ3) is 5.83. The van der Waals surface area contributed by atoms with Gasteiger partial charge in [-0.3, -0.25) is 19.4 Å². The van der Waals surface area contributed by atoms with Crippen LogP contribution in [-0.2, 0) is 25.7 Å². The molecule has 2 atom stereocenters. The van der Waals surface area contributed by atoms with Crippen LogP contribution in [0, 0.1) is 0 Å². The Kier molecular flexibility index (Phi) is 8.37. The van der Waals surface area contributed by atoms with Crippen molar-refractivity contribution in [1.82, 2.24) is 35.0 Å². The van der Waals surface area contributed by atoms with Crippen LogP contribution < -0.4 is 10.6 Å². The lowest BCUT2D eigenvalue weighted by atomic mass is 10.1. The molecule has 0 radical (unpaired) electrons. The summed E-state index contributed by atoms with van der Waals surface area (Å²) in [6.45, 7) is 1.17. The molecule has 2 aliphatic heterocycles. The molecule has 2 amide bonds. The summed E-state index contributed by atoms with van der Waals surface area (Å²) in [4.78, 5) is 50.5. The lowest BCUT2D eigenvalue weighted by molar-refractivity contribution is -0.141. The third-order valence-corrected chi connectivity index (χ3v) is 7.73. The number of fused-ring (bicyclic) bond motifs is 1. The number of oxime groups is 1. The van der Waals surface area contributed by atoms with Crippen LogP contribution in [0.1, 0.15) is 6.42 Å². The minimum Gasteiger partial charge on any atom is -0.449 e. The van der Waals surface area contributed by atoms with Gasteiger partial charge in [0.15, 0.2) is 5.82 Å². The second-order valence-electron chi connectivity index (χ2n) is 8.06. The van der Waals surface area contributed by atoms with Gasteiger partial charge in [0.25, 0.3) is 11.9 Å². The quantitative estimate of drug-likeness (QED) is 0.121. The number of aromatic nitrogens is 5. The van der Waals surface area contributed by atoms with E-state index in [0.717, 1.165) is 6.21 Å². The van der Waals surface area contributed by atoms with Crippen LogP contribution in [0.2, 0.25) is 0 Å². The molecule has 2 aliphatic rings. The molecule has 1 unspecified atom stereocenters. The van der Waals surface area contributed by atoms with Crippen LogP contribution in [0.15, 0.2) is 32.4 Å². The number of thioether (sulfide) groups is 2. The van der Waals surface area contributed by atoms with E-state index in [1.807, 2.05) is 19.0 Å². The van der Waals surface area contributed by atoms with E-state index in [9.17, 15) is 19.5 Å². The molecular weight excluding hydrogens is 544 g/mol. The first kappa shape index (κ1) is 27.2. The Balaban J connectivity index is 1.75. The molecule has 19 heteroatoms.